The third-order valence-electron chi connectivity index (χ3n) is 3.56. The fourth-order valence-corrected chi connectivity index (χ4v) is 5.13. The molecule has 2 fully saturated rings. The Labute approximate surface area is 130 Å². The molecule has 9 heteroatoms. The smallest absolute Gasteiger partial charge is 0.234 e. The number of likely N-dealkylation sites (N-methyl/N-ethyl adjacent to an activating group) is 1. The van der Waals surface area contributed by atoms with Crippen molar-refractivity contribution >= 4 is 27.3 Å². The number of sulfone groups is 1. The summed E-state index contributed by atoms with van der Waals surface area (Å²) in [6, 6.07) is -0.495. The number of morpholine rings is 1. The Morgan fingerprint density at radius 3 is 2.81 bits per heavy atom. The van der Waals surface area contributed by atoms with E-state index in [4.69, 9.17) is 16.3 Å². The number of hydrogen-bond acceptors (Lipinski definition) is 6. The van der Waals surface area contributed by atoms with Crippen molar-refractivity contribution in [2.24, 2.45) is 0 Å². The molecule has 0 radical (unpaired) electrons. The standard InChI is InChI=1S/C12H22ClN3O4S/c1-16(5-9-4-14-2-3-20-9)6-12(17)15-11-8-21(18,19)7-10(11)13/h9-11,14H,2-8H2,1H3,(H,15,17). The second-order valence-corrected chi connectivity index (χ2v) is 8.37. The lowest BCUT2D eigenvalue weighted by atomic mass is 10.2. The van der Waals surface area contributed by atoms with E-state index >= 15 is 0 Å². The van der Waals surface area contributed by atoms with Crippen molar-refractivity contribution in [1.29, 1.82) is 0 Å². The van der Waals surface area contributed by atoms with Gasteiger partial charge < -0.3 is 15.4 Å². The number of nitrogens with one attached hydrogen (secondary N) is 2. The quantitative estimate of drug-likeness (QED) is 0.588. The summed E-state index contributed by atoms with van der Waals surface area (Å²) in [6.45, 7) is 3.15. The minimum atomic E-state index is -3.13. The van der Waals surface area contributed by atoms with Gasteiger partial charge in [0, 0.05) is 19.6 Å². The van der Waals surface area contributed by atoms with Crippen LogP contribution >= 0.6 is 11.6 Å². The van der Waals surface area contributed by atoms with Gasteiger partial charge in [0.25, 0.3) is 0 Å². The highest BCUT2D eigenvalue weighted by molar-refractivity contribution is 7.91. The van der Waals surface area contributed by atoms with Gasteiger partial charge in [0.05, 0.1) is 42.2 Å². The summed E-state index contributed by atoms with van der Waals surface area (Å²) in [5.41, 5.74) is 0. The number of alkyl halides is 1. The molecular weight excluding hydrogens is 318 g/mol. The molecule has 0 spiro atoms. The molecule has 0 aromatic heterocycles. The van der Waals surface area contributed by atoms with E-state index in [1.165, 1.54) is 0 Å². The van der Waals surface area contributed by atoms with E-state index < -0.39 is 21.3 Å². The van der Waals surface area contributed by atoms with Crippen molar-refractivity contribution in [2.45, 2.75) is 17.5 Å². The highest BCUT2D eigenvalue weighted by Gasteiger charge is 2.37. The number of hydrogen-bond donors (Lipinski definition) is 2. The predicted molar refractivity (Wildman–Crippen MR) is 80.3 cm³/mol. The Morgan fingerprint density at radius 1 is 1.48 bits per heavy atom. The van der Waals surface area contributed by atoms with Crippen LogP contribution in [0.25, 0.3) is 0 Å². The molecule has 0 saturated carbocycles. The second kappa shape index (κ2) is 7.23. The molecule has 2 aliphatic rings. The normalized spacial score (nSPS) is 32.2. The maximum absolute atomic E-state index is 11.9. The van der Waals surface area contributed by atoms with E-state index in [2.05, 4.69) is 10.6 Å². The van der Waals surface area contributed by atoms with Gasteiger partial charge in [-0.1, -0.05) is 0 Å². The zero-order valence-electron chi connectivity index (χ0n) is 12.0. The highest BCUT2D eigenvalue weighted by atomic mass is 35.5. The fourth-order valence-electron chi connectivity index (χ4n) is 2.58. The van der Waals surface area contributed by atoms with Crippen LogP contribution in [0.5, 0.6) is 0 Å². The first-order valence-corrected chi connectivity index (χ1v) is 9.26. The van der Waals surface area contributed by atoms with Gasteiger partial charge in [0.2, 0.25) is 5.91 Å². The van der Waals surface area contributed by atoms with Crippen molar-refractivity contribution in [3.05, 3.63) is 0 Å². The number of ether oxygens (including phenoxy) is 1. The lowest BCUT2D eigenvalue weighted by molar-refractivity contribution is -0.122. The zero-order chi connectivity index (χ0) is 15.5. The van der Waals surface area contributed by atoms with Crippen LogP contribution < -0.4 is 10.6 Å². The number of amides is 1. The molecule has 3 atom stereocenters. The van der Waals surface area contributed by atoms with Crippen molar-refractivity contribution in [1.82, 2.24) is 15.5 Å². The molecule has 2 heterocycles. The van der Waals surface area contributed by atoms with E-state index in [9.17, 15) is 13.2 Å². The van der Waals surface area contributed by atoms with Crippen LogP contribution in [0, 0.1) is 0 Å². The van der Waals surface area contributed by atoms with Crippen LogP contribution in [0.4, 0.5) is 0 Å². The van der Waals surface area contributed by atoms with Crippen molar-refractivity contribution in [2.75, 3.05) is 51.3 Å². The molecule has 1 amide bonds. The molecule has 122 valence electrons. The summed E-state index contributed by atoms with van der Waals surface area (Å²) in [5.74, 6) is -0.363. The van der Waals surface area contributed by atoms with Crippen LogP contribution in [0.15, 0.2) is 0 Å². The summed E-state index contributed by atoms with van der Waals surface area (Å²) in [5, 5.41) is 5.39. The maximum atomic E-state index is 11.9. The predicted octanol–water partition coefficient (Wildman–Crippen LogP) is -1.57. The lowest BCUT2D eigenvalue weighted by Crippen LogP contribution is -2.48. The third kappa shape index (κ3) is 5.37. The number of carbonyl (C=O) groups is 1. The molecule has 0 aliphatic carbocycles. The Kier molecular flexibility index (Phi) is 5.84. The average molecular weight is 340 g/mol. The zero-order valence-corrected chi connectivity index (χ0v) is 13.6. The maximum Gasteiger partial charge on any atom is 0.234 e. The van der Waals surface area contributed by atoms with Gasteiger partial charge in [-0.3, -0.25) is 9.69 Å². The van der Waals surface area contributed by atoms with Crippen LogP contribution in [-0.4, -0.2) is 88.1 Å². The number of nitrogens with zero attached hydrogens (tertiary/aromatic N) is 1. The third-order valence-corrected chi connectivity index (χ3v) is 5.94. The minimum Gasteiger partial charge on any atom is -0.374 e. The Hall–Kier alpha value is -0.410. The molecule has 21 heavy (non-hydrogen) atoms. The fraction of sp³-hybridized carbons (Fsp3) is 0.917. The van der Waals surface area contributed by atoms with Gasteiger partial charge in [0.15, 0.2) is 9.84 Å². The molecular formula is C12H22ClN3O4S. The summed E-state index contributed by atoms with van der Waals surface area (Å²) < 4.78 is 28.5. The number of halogens is 1. The van der Waals surface area contributed by atoms with E-state index in [1.54, 1.807) is 0 Å². The van der Waals surface area contributed by atoms with Gasteiger partial charge in [-0.05, 0) is 7.05 Å². The van der Waals surface area contributed by atoms with Crippen LogP contribution in [0.2, 0.25) is 0 Å². The second-order valence-electron chi connectivity index (χ2n) is 5.66. The molecule has 0 aromatic carbocycles. The number of rotatable bonds is 5. The average Bonchev–Trinajstić information content (AvgIpc) is 2.62. The van der Waals surface area contributed by atoms with Crippen LogP contribution in [0.1, 0.15) is 0 Å². The Bertz CT molecular complexity index is 467. The minimum absolute atomic E-state index is 0.0725. The largest absolute Gasteiger partial charge is 0.374 e. The summed E-state index contributed by atoms with van der Waals surface area (Å²) in [7, 11) is -1.30. The van der Waals surface area contributed by atoms with Crippen molar-refractivity contribution in [3.8, 4) is 0 Å². The van der Waals surface area contributed by atoms with Crippen molar-refractivity contribution < 1.29 is 17.9 Å². The highest BCUT2D eigenvalue weighted by Crippen LogP contribution is 2.17. The van der Waals surface area contributed by atoms with Gasteiger partial charge in [0.1, 0.15) is 0 Å². The topological polar surface area (TPSA) is 87.7 Å². The van der Waals surface area contributed by atoms with Gasteiger partial charge in [-0.25, -0.2) is 8.42 Å². The van der Waals surface area contributed by atoms with E-state index in [1.807, 2.05) is 11.9 Å². The molecule has 2 rings (SSSR count). The molecule has 0 aromatic rings. The van der Waals surface area contributed by atoms with E-state index in [-0.39, 0.29) is 30.1 Å². The summed E-state index contributed by atoms with van der Waals surface area (Å²) in [4.78, 5) is 13.8. The lowest BCUT2D eigenvalue weighted by Gasteiger charge is -2.28. The SMILES string of the molecule is CN(CC(=O)NC1CS(=O)(=O)CC1Cl)CC1CNCCO1. The van der Waals surface area contributed by atoms with Crippen LogP contribution in [0.3, 0.4) is 0 Å². The molecule has 2 N–H and O–H groups in total. The van der Waals surface area contributed by atoms with Crippen LogP contribution in [-0.2, 0) is 19.4 Å². The molecule has 3 unspecified atom stereocenters. The van der Waals surface area contributed by atoms with Gasteiger partial charge in [-0.15, -0.1) is 11.6 Å². The molecule has 2 saturated heterocycles. The molecule has 7 nitrogen and oxygen atoms in total. The van der Waals surface area contributed by atoms with E-state index in [0.29, 0.717) is 13.2 Å². The monoisotopic (exact) mass is 339 g/mol. The summed E-state index contributed by atoms with van der Waals surface area (Å²) in [6.07, 6.45) is 0.0733. The first-order chi connectivity index (χ1) is 9.85. The first kappa shape index (κ1) is 17.0. The van der Waals surface area contributed by atoms with E-state index in [0.717, 1.165) is 13.1 Å². The number of carbonyl (C=O) groups excluding carboxylic acids is 1. The Balaban J connectivity index is 1.73. The Morgan fingerprint density at radius 2 is 2.24 bits per heavy atom. The first-order valence-electron chi connectivity index (χ1n) is 7.00. The van der Waals surface area contributed by atoms with Gasteiger partial charge in [-0.2, -0.15) is 0 Å². The summed E-state index contributed by atoms with van der Waals surface area (Å²) >= 11 is 5.96. The van der Waals surface area contributed by atoms with Crippen molar-refractivity contribution in [3.63, 3.8) is 0 Å². The van der Waals surface area contributed by atoms with Gasteiger partial charge >= 0.3 is 0 Å². The molecule has 0 bridgehead atoms. The molecule has 2 aliphatic heterocycles.